The van der Waals surface area contributed by atoms with Gasteiger partial charge >= 0.3 is 5.97 Å². The normalized spacial score (nSPS) is 9.33. The van der Waals surface area contributed by atoms with Gasteiger partial charge in [0.2, 0.25) is 0 Å². The highest BCUT2D eigenvalue weighted by atomic mass is 32.1. The van der Waals surface area contributed by atoms with Gasteiger partial charge in [-0.25, -0.2) is 4.79 Å². The van der Waals surface area contributed by atoms with E-state index in [0.717, 1.165) is 4.78 Å². The van der Waals surface area contributed by atoms with Crippen LogP contribution >= 0.6 is 11.3 Å². The van der Waals surface area contributed by atoms with Crippen molar-refractivity contribution in [1.82, 2.24) is 0 Å². The van der Waals surface area contributed by atoms with Gasteiger partial charge < -0.3 is 5.11 Å². The van der Waals surface area contributed by atoms with E-state index in [2.05, 4.69) is 0 Å². The summed E-state index contributed by atoms with van der Waals surface area (Å²) < 4.78 is 1.03. The van der Waals surface area contributed by atoms with Gasteiger partial charge in [0, 0.05) is 0 Å². The number of hydrogen-bond acceptors (Lipinski definition) is 2. The van der Waals surface area contributed by atoms with Gasteiger partial charge in [0.05, 0.1) is 0 Å². The molecule has 0 aliphatic heterocycles. The highest BCUT2D eigenvalue weighted by Gasteiger charge is 2.02. The molecular weight excluding hydrogens is 135 g/mol. The standard InChI is InChI=1S/C5H5BO2S/c6-4-2-1-3(9-4)5(7)8/h1-2H,6H2,(H,7,8). The summed E-state index contributed by atoms with van der Waals surface area (Å²) in [6.07, 6.45) is 0. The van der Waals surface area contributed by atoms with Gasteiger partial charge in [0.1, 0.15) is 4.88 Å². The summed E-state index contributed by atoms with van der Waals surface area (Å²) in [5, 5.41) is 8.41. The van der Waals surface area contributed by atoms with E-state index in [1.807, 2.05) is 7.85 Å². The monoisotopic (exact) mass is 140 g/mol. The van der Waals surface area contributed by atoms with Crippen molar-refractivity contribution in [3.8, 4) is 0 Å². The molecule has 0 aromatic carbocycles. The Kier molecular flexibility index (Phi) is 1.57. The minimum atomic E-state index is -0.840. The summed E-state index contributed by atoms with van der Waals surface area (Å²) in [7, 11) is 1.89. The second-order valence-electron chi connectivity index (χ2n) is 1.72. The maximum Gasteiger partial charge on any atom is 0.345 e. The molecule has 1 aromatic heterocycles. The molecule has 0 atom stereocenters. The molecule has 1 heterocycles. The number of carboxylic acid groups (broad SMARTS) is 1. The summed E-state index contributed by atoms with van der Waals surface area (Å²) in [5.41, 5.74) is 0. The molecular formula is C5H5BO2S. The highest BCUT2D eigenvalue weighted by molar-refractivity contribution is 7.21. The van der Waals surface area contributed by atoms with Gasteiger partial charge in [-0.1, -0.05) is 6.07 Å². The molecule has 0 amide bonds. The van der Waals surface area contributed by atoms with Crippen LogP contribution in [-0.4, -0.2) is 18.9 Å². The third kappa shape index (κ3) is 1.32. The van der Waals surface area contributed by atoms with E-state index in [0.29, 0.717) is 4.88 Å². The van der Waals surface area contributed by atoms with Crippen LogP contribution in [0, 0.1) is 0 Å². The maximum absolute atomic E-state index is 10.2. The van der Waals surface area contributed by atoms with E-state index in [4.69, 9.17) is 5.11 Å². The van der Waals surface area contributed by atoms with Crippen molar-refractivity contribution < 1.29 is 9.90 Å². The molecule has 4 heteroatoms. The third-order valence-corrected chi connectivity index (χ3v) is 1.94. The molecule has 1 rings (SSSR count). The Labute approximate surface area is 57.5 Å². The van der Waals surface area contributed by atoms with Gasteiger partial charge in [-0.2, -0.15) is 0 Å². The first-order chi connectivity index (χ1) is 4.20. The highest BCUT2D eigenvalue weighted by Crippen LogP contribution is 2.03. The number of hydrogen-bond donors (Lipinski definition) is 1. The lowest BCUT2D eigenvalue weighted by Crippen LogP contribution is -1.92. The molecule has 0 radical (unpaired) electrons. The van der Waals surface area contributed by atoms with Crippen LogP contribution in [0.5, 0.6) is 0 Å². The fourth-order valence-electron chi connectivity index (χ4n) is 0.549. The summed E-state index contributed by atoms with van der Waals surface area (Å²) in [5.74, 6) is -0.840. The fourth-order valence-corrected chi connectivity index (χ4v) is 1.26. The van der Waals surface area contributed by atoms with Crippen LogP contribution in [0.3, 0.4) is 0 Å². The number of carboxylic acids is 1. The summed E-state index contributed by atoms with van der Waals surface area (Å²) in [6, 6.07) is 3.41. The van der Waals surface area contributed by atoms with Crippen molar-refractivity contribution in [2.75, 3.05) is 0 Å². The van der Waals surface area contributed by atoms with Gasteiger partial charge in [0.15, 0.2) is 7.85 Å². The van der Waals surface area contributed by atoms with Crippen molar-refractivity contribution in [1.29, 1.82) is 0 Å². The Morgan fingerprint density at radius 3 is 2.56 bits per heavy atom. The molecule has 1 N–H and O–H groups in total. The average Bonchev–Trinajstić information content (AvgIpc) is 2.14. The van der Waals surface area contributed by atoms with Gasteiger partial charge in [-0.3, -0.25) is 0 Å². The zero-order valence-corrected chi connectivity index (χ0v) is 5.73. The predicted octanol–water partition coefficient (Wildman–Crippen LogP) is -0.295. The molecule has 0 unspecified atom stereocenters. The van der Waals surface area contributed by atoms with Gasteiger partial charge in [-0.15, -0.1) is 11.3 Å². The predicted molar refractivity (Wildman–Crippen MR) is 39.5 cm³/mol. The van der Waals surface area contributed by atoms with Crippen LogP contribution in [0.4, 0.5) is 0 Å². The Hall–Kier alpha value is -0.765. The third-order valence-electron chi connectivity index (χ3n) is 0.951. The molecule has 0 aliphatic carbocycles. The van der Waals surface area contributed by atoms with Crippen LogP contribution in [0.2, 0.25) is 0 Å². The number of thiophene rings is 1. The Morgan fingerprint density at radius 1 is 1.67 bits per heavy atom. The largest absolute Gasteiger partial charge is 0.477 e. The van der Waals surface area contributed by atoms with E-state index in [9.17, 15) is 4.79 Å². The van der Waals surface area contributed by atoms with E-state index >= 15 is 0 Å². The molecule has 0 spiro atoms. The first-order valence-electron chi connectivity index (χ1n) is 2.50. The summed E-state index contributed by atoms with van der Waals surface area (Å²) >= 11 is 1.30. The van der Waals surface area contributed by atoms with Crippen molar-refractivity contribution >= 4 is 29.9 Å². The minimum absolute atomic E-state index is 0.410. The van der Waals surface area contributed by atoms with Crippen LogP contribution in [0.1, 0.15) is 9.67 Å². The summed E-state index contributed by atoms with van der Waals surface area (Å²) in [4.78, 5) is 10.6. The van der Waals surface area contributed by atoms with E-state index < -0.39 is 5.97 Å². The Morgan fingerprint density at radius 2 is 2.33 bits per heavy atom. The zero-order valence-electron chi connectivity index (χ0n) is 4.92. The Balaban J connectivity index is 2.98. The van der Waals surface area contributed by atoms with Crippen molar-refractivity contribution in [2.24, 2.45) is 0 Å². The molecule has 2 nitrogen and oxygen atoms in total. The second kappa shape index (κ2) is 2.23. The number of aromatic carboxylic acids is 1. The first-order valence-corrected chi connectivity index (χ1v) is 3.31. The number of carbonyl (C=O) groups is 1. The first kappa shape index (κ1) is 6.36. The lowest BCUT2D eigenvalue weighted by atomic mass is 10.1. The topological polar surface area (TPSA) is 37.3 Å². The van der Waals surface area contributed by atoms with Crippen molar-refractivity contribution in [3.63, 3.8) is 0 Å². The van der Waals surface area contributed by atoms with Crippen molar-refractivity contribution in [2.45, 2.75) is 0 Å². The molecule has 46 valence electrons. The van der Waals surface area contributed by atoms with Crippen LogP contribution in [0.15, 0.2) is 12.1 Å². The van der Waals surface area contributed by atoms with Crippen molar-refractivity contribution in [3.05, 3.63) is 17.0 Å². The minimum Gasteiger partial charge on any atom is -0.477 e. The Bertz CT molecular complexity index is 231. The molecule has 0 bridgehead atoms. The molecule has 1 aromatic rings. The fraction of sp³-hybridized carbons (Fsp3) is 0. The number of rotatable bonds is 1. The molecule has 0 saturated carbocycles. The van der Waals surface area contributed by atoms with E-state index in [-0.39, 0.29) is 0 Å². The summed E-state index contributed by atoms with van der Waals surface area (Å²) in [6.45, 7) is 0. The lowest BCUT2D eigenvalue weighted by molar-refractivity contribution is 0.0702. The van der Waals surface area contributed by atoms with Gasteiger partial charge in [0.25, 0.3) is 0 Å². The van der Waals surface area contributed by atoms with E-state index in [1.165, 1.54) is 11.3 Å². The molecule has 0 saturated heterocycles. The quantitative estimate of drug-likeness (QED) is 0.544. The van der Waals surface area contributed by atoms with Crippen LogP contribution < -0.4 is 4.78 Å². The van der Waals surface area contributed by atoms with Crippen LogP contribution in [0.25, 0.3) is 0 Å². The van der Waals surface area contributed by atoms with Gasteiger partial charge in [-0.05, 0) is 10.8 Å². The second-order valence-corrected chi connectivity index (χ2v) is 3.00. The molecule has 9 heavy (non-hydrogen) atoms. The lowest BCUT2D eigenvalue weighted by Gasteiger charge is -1.80. The SMILES string of the molecule is Bc1ccc(C(=O)O)s1. The molecule has 0 fully saturated rings. The smallest absolute Gasteiger partial charge is 0.345 e. The zero-order chi connectivity index (χ0) is 6.85. The van der Waals surface area contributed by atoms with Crippen LogP contribution in [-0.2, 0) is 0 Å². The average molecular weight is 140 g/mol. The molecule has 0 aliphatic rings. The maximum atomic E-state index is 10.2. The van der Waals surface area contributed by atoms with E-state index in [1.54, 1.807) is 12.1 Å².